The van der Waals surface area contributed by atoms with Gasteiger partial charge in [-0.3, -0.25) is 19.2 Å². The van der Waals surface area contributed by atoms with E-state index in [0.717, 1.165) is 5.52 Å². The van der Waals surface area contributed by atoms with Crippen molar-refractivity contribution in [2.24, 2.45) is 11.8 Å². The van der Waals surface area contributed by atoms with Gasteiger partial charge in [-0.25, -0.2) is 4.68 Å². The lowest BCUT2D eigenvalue weighted by Crippen LogP contribution is -2.56. The second-order valence-corrected chi connectivity index (χ2v) is 11.2. The predicted molar refractivity (Wildman–Crippen MR) is 147 cm³/mol. The lowest BCUT2D eigenvalue weighted by molar-refractivity contribution is -0.158. The normalized spacial score (nSPS) is 32.4. The fourth-order valence-corrected chi connectivity index (χ4v) is 6.47. The van der Waals surface area contributed by atoms with Crippen LogP contribution in [0.15, 0.2) is 48.6 Å². The Morgan fingerprint density at radius 3 is 2.81 bits per heavy atom. The minimum Gasteiger partial charge on any atom is -0.460 e. The van der Waals surface area contributed by atoms with E-state index in [4.69, 9.17) is 9.47 Å². The number of cyclic esters (lactones) is 1. The largest absolute Gasteiger partial charge is 0.460 e. The molecule has 1 aromatic carbocycles. The average molecular weight is 579 g/mol. The molecule has 0 radical (unpaired) electrons. The summed E-state index contributed by atoms with van der Waals surface area (Å²) in [4.78, 5) is 57.4. The summed E-state index contributed by atoms with van der Waals surface area (Å²) >= 11 is 0. The predicted octanol–water partition coefficient (Wildman–Crippen LogP) is 0.148. The minimum atomic E-state index is -1.37. The van der Waals surface area contributed by atoms with Crippen LogP contribution in [0.25, 0.3) is 11.0 Å². The van der Waals surface area contributed by atoms with Crippen LogP contribution in [-0.2, 0) is 35.3 Å². The number of benzene rings is 1. The van der Waals surface area contributed by atoms with Crippen molar-refractivity contribution in [3.63, 3.8) is 0 Å². The van der Waals surface area contributed by atoms with Crippen LogP contribution in [0, 0.1) is 11.8 Å². The molecule has 4 aliphatic rings. The van der Waals surface area contributed by atoms with E-state index in [0.29, 0.717) is 11.9 Å². The summed E-state index contributed by atoms with van der Waals surface area (Å²) < 4.78 is 13.7. The monoisotopic (exact) mass is 578 g/mol. The van der Waals surface area contributed by atoms with Gasteiger partial charge in [0.1, 0.15) is 35.9 Å². The standard InChI is InChI=1S/C29H34N6O7/c1-18-16-30-22(37)10-3-2-6-13-33(17-35-20-9-5-4-8-19(20)31-32-35)27(39)25-29-12-11-21(42-29)23(28(40)41-18)24(29)26(38)34(25)14-7-15-36/h2,4-6,8-9,11-12,18,21,23-25,36H,3,7,10,13-17H2,1H3,(H,30,37)/b6-2-/t18-,21+,23-,24-,25+,29-/m0/s1. The topological polar surface area (TPSA) is 156 Å². The highest BCUT2D eigenvalue weighted by molar-refractivity contribution is 5.99. The molecule has 222 valence electrons. The molecule has 4 aliphatic heterocycles. The number of aliphatic hydroxyl groups is 1. The van der Waals surface area contributed by atoms with E-state index in [1.54, 1.807) is 28.7 Å². The zero-order valence-corrected chi connectivity index (χ0v) is 23.3. The maximum atomic E-state index is 14.6. The van der Waals surface area contributed by atoms with E-state index in [-0.39, 0.29) is 63.5 Å². The number of ether oxygens (including phenoxy) is 2. The Kier molecular flexibility index (Phi) is 7.54. The number of rotatable bonds is 5. The summed E-state index contributed by atoms with van der Waals surface area (Å²) in [6.45, 7) is 1.96. The number of fused-ring (bicyclic) bond motifs is 3. The molecular formula is C29H34N6O7. The molecule has 0 unspecified atom stereocenters. The second-order valence-electron chi connectivity index (χ2n) is 11.2. The van der Waals surface area contributed by atoms with Gasteiger partial charge in [0.05, 0.1) is 24.1 Å². The fraction of sp³-hybridized carbons (Fsp3) is 0.517. The van der Waals surface area contributed by atoms with Gasteiger partial charge in [0, 0.05) is 26.1 Å². The molecule has 5 bridgehead atoms. The number of allylic oxidation sites excluding steroid dienone is 1. The number of nitrogens with zero attached hydrogens (tertiary/aromatic N) is 5. The number of carbonyl (C=O) groups excluding carboxylic acids is 4. The number of aromatic nitrogens is 3. The number of para-hydroxylation sites is 1. The zero-order valence-electron chi connectivity index (χ0n) is 23.3. The molecule has 13 nitrogen and oxygen atoms in total. The van der Waals surface area contributed by atoms with E-state index in [9.17, 15) is 24.3 Å². The highest BCUT2D eigenvalue weighted by Crippen LogP contribution is 2.55. The molecule has 5 heterocycles. The van der Waals surface area contributed by atoms with Crippen LogP contribution in [0.5, 0.6) is 0 Å². The quantitative estimate of drug-likeness (QED) is 0.372. The first kappa shape index (κ1) is 28.0. The Bertz CT molecular complexity index is 1450. The van der Waals surface area contributed by atoms with E-state index in [1.165, 1.54) is 4.90 Å². The summed E-state index contributed by atoms with van der Waals surface area (Å²) in [6.07, 6.45) is 6.69. The summed E-state index contributed by atoms with van der Waals surface area (Å²) in [5.41, 5.74) is 0.0444. The Morgan fingerprint density at radius 2 is 1.98 bits per heavy atom. The molecule has 6 atom stereocenters. The van der Waals surface area contributed by atoms with Gasteiger partial charge in [-0.05, 0) is 31.9 Å². The number of esters is 1. The van der Waals surface area contributed by atoms with E-state index < -0.39 is 41.7 Å². The summed E-state index contributed by atoms with van der Waals surface area (Å²) in [5, 5.41) is 20.8. The molecular weight excluding hydrogens is 544 g/mol. The van der Waals surface area contributed by atoms with Crippen molar-refractivity contribution in [1.29, 1.82) is 0 Å². The molecule has 13 heteroatoms. The lowest BCUT2D eigenvalue weighted by atomic mass is 9.74. The molecule has 0 saturated carbocycles. The fourth-order valence-electron chi connectivity index (χ4n) is 6.47. The van der Waals surface area contributed by atoms with Gasteiger partial charge in [0.15, 0.2) is 0 Å². The number of hydrogen-bond acceptors (Lipinski definition) is 9. The van der Waals surface area contributed by atoms with E-state index >= 15 is 0 Å². The van der Waals surface area contributed by atoms with Crippen LogP contribution in [-0.4, -0.2) is 104 Å². The summed E-state index contributed by atoms with van der Waals surface area (Å²) in [6, 6.07) is 6.33. The van der Waals surface area contributed by atoms with Crippen LogP contribution in [0.4, 0.5) is 0 Å². The first-order chi connectivity index (χ1) is 20.3. The third kappa shape index (κ3) is 4.75. The van der Waals surface area contributed by atoms with Crippen molar-refractivity contribution in [3.8, 4) is 0 Å². The maximum absolute atomic E-state index is 14.6. The molecule has 2 N–H and O–H groups in total. The number of hydrogen-bond donors (Lipinski definition) is 2. The molecule has 1 aromatic heterocycles. The van der Waals surface area contributed by atoms with Crippen molar-refractivity contribution < 1.29 is 33.8 Å². The molecule has 6 rings (SSSR count). The smallest absolute Gasteiger partial charge is 0.313 e. The molecule has 2 aromatic rings. The van der Waals surface area contributed by atoms with Crippen molar-refractivity contribution in [2.75, 3.05) is 26.2 Å². The van der Waals surface area contributed by atoms with Gasteiger partial charge in [-0.1, -0.05) is 41.7 Å². The number of likely N-dealkylation sites (tertiary alicyclic amines) is 1. The van der Waals surface area contributed by atoms with Crippen molar-refractivity contribution in [1.82, 2.24) is 30.1 Å². The highest BCUT2D eigenvalue weighted by Gasteiger charge is 2.73. The van der Waals surface area contributed by atoms with Gasteiger partial charge in [0.25, 0.3) is 5.91 Å². The van der Waals surface area contributed by atoms with Gasteiger partial charge in [0.2, 0.25) is 11.8 Å². The Morgan fingerprint density at radius 1 is 1.14 bits per heavy atom. The minimum absolute atomic E-state index is 0.0412. The number of aliphatic hydroxyl groups excluding tert-OH is 1. The van der Waals surface area contributed by atoms with Gasteiger partial charge in [-0.2, -0.15) is 0 Å². The van der Waals surface area contributed by atoms with Gasteiger partial charge < -0.3 is 29.7 Å². The van der Waals surface area contributed by atoms with E-state index in [2.05, 4.69) is 15.6 Å². The lowest BCUT2D eigenvalue weighted by Gasteiger charge is -2.35. The molecule has 3 amide bonds. The van der Waals surface area contributed by atoms with Crippen LogP contribution in [0.1, 0.15) is 26.2 Å². The Hall–Kier alpha value is -4.10. The Balaban J connectivity index is 1.40. The summed E-state index contributed by atoms with van der Waals surface area (Å²) in [5.74, 6) is -3.48. The SMILES string of the molecule is C[C@H]1CNC(=O)CC/C=C\CN(Cn2nnc3ccccc32)C(=O)[C@H]2N(CCCO)C(=O)[C@@H]3[C@@H](C(=O)O1)[C@H]1C=C[C@]32O1. The van der Waals surface area contributed by atoms with Crippen LogP contribution < -0.4 is 5.32 Å². The number of amides is 3. The summed E-state index contributed by atoms with van der Waals surface area (Å²) in [7, 11) is 0. The van der Waals surface area contributed by atoms with Crippen LogP contribution in [0.2, 0.25) is 0 Å². The van der Waals surface area contributed by atoms with Crippen molar-refractivity contribution in [2.45, 2.75) is 56.7 Å². The first-order valence-electron chi connectivity index (χ1n) is 14.3. The third-order valence-corrected chi connectivity index (χ3v) is 8.41. The maximum Gasteiger partial charge on any atom is 0.313 e. The van der Waals surface area contributed by atoms with Crippen LogP contribution in [0.3, 0.4) is 0 Å². The molecule has 2 saturated heterocycles. The zero-order chi connectivity index (χ0) is 29.4. The van der Waals surface area contributed by atoms with Gasteiger partial charge in [-0.15, -0.1) is 5.10 Å². The molecule has 42 heavy (non-hydrogen) atoms. The molecule has 0 aliphatic carbocycles. The van der Waals surface area contributed by atoms with Crippen LogP contribution >= 0.6 is 0 Å². The van der Waals surface area contributed by atoms with Gasteiger partial charge >= 0.3 is 5.97 Å². The molecule has 1 spiro atoms. The molecule has 2 fully saturated rings. The first-order valence-corrected chi connectivity index (χ1v) is 14.3. The Labute approximate surface area is 242 Å². The third-order valence-electron chi connectivity index (χ3n) is 8.41. The number of carbonyl (C=O) groups is 4. The average Bonchev–Trinajstić information content (AvgIpc) is 3.73. The number of nitrogens with one attached hydrogen (secondary N) is 1. The van der Waals surface area contributed by atoms with E-state index in [1.807, 2.05) is 36.4 Å². The van der Waals surface area contributed by atoms with Crippen molar-refractivity contribution in [3.05, 3.63) is 48.6 Å². The van der Waals surface area contributed by atoms with Crippen molar-refractivity contribution >= 4 is 34.7 Å². The second kappa shape index (κ2) is 11.3. The highest BCUT2D eigenvalue weighted by atomic mass is 16.6.